The monoisotopic (exact) mass is 536 g/mol. The Balaban J connectivity index is 1.24. The van der Waals surface area contributed by atoms with Crippen molar-refractivity contribution in [3.05, 3.63) is 46.7 Å². The number of carbonyl (C=O) groups excluding carboxylic acids is 1. The fourth-order valence-corrected chi connectivity index (χ4v) is 9.72. The van der Waals surface area contributed by atoms with Crippen LogP contribution in [0.1, 0.15) is 116 Å². The van der Waals surface area contributed by atoms with Gasteiger partial charge in [-0.05, 0) is 109 Å². The molecule has 1 aromatic carbocycles. The van der Waals surface area contributed by atoms with Crippen molar-refractivity contribution in [2.45, 2.75) is 111 Å². The van der Waals surface area contributed by atoms with Crippen LogP contribution in [-0.2, 0) is 4.74 Å². The topological polar surface area (TPSA) is 72.8 Å². The molecule has 4 aliphatic carbocycles. The first-order chi connectivity index (χ1) is 18.5. The van der Waals surface area contributed by atoms with Crippen LogP contribution in [0.5, 0.6) is 0 Å². The minimum absolute atomic E-state index is 0.0325. The van der Waals surface area contributed by atoms with Gasteiger partial charge in [-0.25, -0.2) is 4.79 Å². The number of hydrogen-bond acceptors (Lipinski definition) is 5. The Morgan fingerprint density at radius 3 is 2.64 bits per heavy atom. The molecule has 3 saturated carbocycles. The molecule has 0 radical (unpaired) electrons. The first-order valence-electron chi connectivity index (χ1n) is 15.7. The van der Waals surface area contributed by atoms with Crippen LogP contribution < -0.4 is 5.23 Å². The van der Waals surface area contributed by atoms with Gasteiger partial charge in [0.25, 0.3) is 0 Å². The quantitative estimate of drug-likeness (QED) is 0.204. The number of esters is 1. The molecule has 3 fully saturated rings. The summed E-state index contributed by atoms with van der Waals surface area (Å²) < 4.78 is 5.93. The van der Waals surface area contributed by atoms with Crippen LogP contribution in [0.4, 0.5) is 5.69 Å². The van der Waals surface area contributed by atoms with E-state index in [1.807, 2.05) is 0 Å². The summed E-state index contributed by atoms with van der Waals surface area (Å²) in [5.41, 5.74) is 2.55. The average Bonchev–Trinajstić information content (AvgIpc) is 3.26. The van der Waals surface area contributed by atoms with Crippen LogP contribution in [0.15, 0.2) is 35.9 Å². The molecule has 0 saturated heterocycles. The van der Waals surface area contributed by atoms with Crippen molar-refractivity contribution < 1.29 is 14.7 Å². The average molecular weight is 537 g/mol. The lowest BCUT2D eigenvalue weighted by atomic mass is 9.47. The fourth-order valence-electron chi connectivity index (χ4n) is 9.72. The zero-order valence-corrected chi connectivity index (χ0v) is 24.8. The van der Waals surface area contributed by atoms with Gasteiger partial charge in [0.1, 0.15) is 6.10 Å². The van der Waals surface area contributed by atoms with E-state index in [1.54, 1.807) is 12.1 Å². The summed E-state index contributed by atoms with van der Waals surface area (Å²) in [4.78, 5) is 12.9. The van der Waals surface area contributed by atoms with Crippen LogP contribution >= 0.6 is 0 Å². The Morgan fingerprint density at radius 1 is 1.10 bits per heavy atom. The van der Waals surface area contributed by atoms with E-state index in [-0.39, 0.29) is 22.4 Å². The maximum absolute atomic E-state index is 12.9. The van der Waals surface area contributed by atoms with Crippen LogP contribution in [0.25, 0.3) is 0 Å². The number of nitrogens with zero attached hydrogens (tertiary/aromatic N) is 1. The molecule has 39 heavy (non-hydrogen) atoms. The highest BCUT2D eigenvalue weighted by molar-refractivity contribution is 5.90. The second-order valence-electron chi connectivity index (χ2n) is 14.4. The Kier molecular flexibility index (Phi) is 8.23. The maximum atomic E-state index is 12.9. The molecule has 216 valence electrons. The number of rotatable bonds is 8. The number of ether oxygens (including phenoxy) is 1. The molecule has 0 bridgehead atoms. The van der Waals surface area contributed by atoms with Crippen LogP contribution in [0.3, 0.4) is 0 Å². The van der Waals surface area contributed by atoms with Crippen molar-refractivity contribution in [1.82, 2.24) is 0 Å². The molecule has 0 aliphatic heterocycles. The lowest BCUT2D eigenvalue weighted by Gasteiger charge is -2.58. The lowest BCUT2D eigenvalue weighted by Crippen LogP contribution is -2.51. The molecule has 5 rings (SSSR count). The van der Waals surface area contributed by atoms with E-state index in [2.05, 4.69) is 40.7 Å². The standard InChI is InChI=1S/C34H50NO4/c1-22(2)8-6-9-23(3)29-14-15-30-28-13-12-25-21-27(16-18-33(25,4)31(28)17-19-34(29,30)5)39-32(36)24-10-7-11-26(20-24)35(37)38/h7,10-12,20,22-23,27-31,37H,6,8-9,13-19,21H2,1-5H3/q-1. The van der Waals surface area contributed by atoms with Crippen molar-refractivity contribution in [1.29, 1.82) is 0 Å². The summed E-state index contributed by atoms with van der Waals surface area (Å²) in [5.74, 6) is 4.48. The number of benzene rings is 1. The zero-order chi connectivity index (χ0) is 27.9. The predicted octanol–water partition coefficient (Wildman–Crippen LogP) is 8.95. The number of hydrogen-bond donors (Lipinski definition) is 1. The molecule has 1 aromatic rings. The number of carbonyl (C=O) groups is 1. The van der Waals surface area contributed by atoms with Gasteiger partial charge in [-0.3, -0.25) is 5.21 Å². The molecule has 8 unspecified atom stereocenters. The highest BCUT2D eigenvalue weighted by Gasteiger charge is 2.59. The fraction of sp³-hybridized carbons (Fsp3) is 0.735. The number of allylic oxidation sites excluding steroid dienone is 1. The van der Waals surface area contributed by atoms with Gasteiger partial charge in [-0.15, -0.1) is 0 Å². The third-order valence-electron chi connectivity index (χ3n) is 11.8. The molecular weight excluding hydrogens is 486 g/mol. The molecule has 0 heterocycles. The van der Waals surface area contributed by atoms with Gasteiger partial charge >= 0.3 is 5.97 Å². The van der Waals surface area contributed by atoms with E-state index >= 15 is 0 Å². The SMILES string of the molecule is CC(C)CCCC(C)C1CCC2C3CC=C4CC(OC(=O)c5cccc(N([O-])O)c5)CCC4(C)C3CCC12C. The van der Waals surface area contributed by atoms with Crippen LogP contribution in [0.2, 0.25) is 0 Å². The van der Waals surface area contributed by atoms with Gasteiger partial charge in [-0.2, -0.15) is 0 Å². The summed E-state index contributed by atoms with van der Waals surface area (Å²) in [7, 11) is 0. The van der Waals surface area contributed by atoms with E-state index in [9.17, 15) is 15.2 Å². The summed E-state index contributed by atoms with van der Waals surface area (Å²) in [6.07, 6.45) is 16.0. The highest BCUT2D eigenvalue weighted by atomic mass is 16.8. The minimum Gasteiger partial charge on any atom is -0.733 e. The predicted molar refractivity (Wildman–Crippen MR) is 156 cm³/mol. The normalized spacial score (nSPS) is 36.4. The van der Waals surface area contributed by atoms with Crippen molar-refractivity contribution in [3.63, 3.8) is 0 Å². The van der Waals surface area contributed by atoms with Crippen LogP contribution in [0, 0.1) is 51.5 Å². The molecule has 5 heteroatoms. The minimum atomic E-state index is -0.422. The van der Waals surface area contributed by atoms with Crippen LogP contribution in [-0.4, -0.2) is 17.3 Å². The summed E-state index contributed by atoms with van der Waals surface area (Å²) >= 11 is 0. The summed E-state index contributed by atoms with van der Waals surface area (Å²) in [5, 5.41) is 20.2. The van der Waals surface area contributed by atoms with Crippen molar-refractivity contribution in [2.75, 3.05) is 5.23 Å². The van der Waals surface area contributed by atoms with Gasteiger partial charge in [-0.1, -0.05) is 71.6 Å². The molecule has 8 atom stereocenters. The molecular formula is C34H50NO4-. The second kappa shape index (κ2) is 11.2. The van der Waals surface area contributed by atoms with E-state index in [4.69, 9.17) is 4.74 Å². The number of fused-ring (bicyclic) bond motifs is 5. The summed E-state index contributed by atoms with van der Waals surface area (Å²) in [6, 6.07) is 6.07. The van der Waals surface area contributed by atoms with Gasteiger partial charge in [0.15, 0.2) is 0 Å². The van der Waals surface area contributed by atoms with Crippen molar-refractivity contribution in [2.24, 2.45) is 46.3 Å². The maximum Gasteiger partial charge on any atom is 0.338 e. The largest absolute Gasteiger partial charge is 0.733 e. The van der Waals surface area contributed by atoms with Gasteiger partial charge < -0.3 is 15.2 Å². The molecule has 5 nitrogen and oxygen atoms in total. The van der Waals surface area contributed by atoms with E-state index in [1.165, 1.54) is 69.1 Å². The third kappa shape index (κ3) is 5.43. The zero-order valence-electron chi connectivity index (χ0n) is 24.8. The van der Waals surface area contributed by atoms with Crippen molar-refractivity contribution >= 4 is 11.7 Å². The van der Waals surface area contributed by atoms with E-state index in [0.717, 1.165) is 54.8 Å². The molecule has 1 N–H and O–H groups in total. The van der Waals surface area contributed by atoms with Gasteiger partial charge in [0.05, 0.1) is 11.3 Å². The molecule has 4 aliphatic rings. The molecule has 0 spiro atoms. The smallest absolute Gasteiger partial charge is 0.338 e. The Hall–Kier alpha value is -1.85. The summed E-state index contributed by atoms with van der Waals surface area (Å²) in [6.45, 7) is 12.4. The third-order valence-corrected chi connectivity index (χ3v) is 11.8. The molecule has 0 aromatic heterocycles. The van der Waals surface area contributed by atoms with Gasteiger partial charge in [0, 0.05) is 6.42 Å². The van der Waals surface area contributed by atoms with E-state index in [0.29, 0.717) is 11.0 Å². The Bertz CT molecular complexity index is 1070. The second-order valence-corrected chi connectivity index (χ2v) is 14.4. The Labute approximate surface area is 235 Å². The first kappa shape index (κ1) is 28.7. The Morgan fingerprint density at radius 2 is 1.90 bits per heavy atom. The number of anilines is 1. The first-order valence-corrected chi connectivity index (χ1v) is 15.7. The lowest BCUT2D eigenvalue weighted by molar-refractivity contribution is -0.0594. The van der Waals surface area contributed by atoms with Crippen molar-refractivity contribution in [3.8, 4) is 0 Å². The molecule has 0 amide bonds. The highest BCUT2D eigenvalue weighted by Crippen LogP contribution is 2.67. The van der Waals surface area contributed by atoms with Gasteiger partial charge in [0.2, 0.25) is 0 Å². The van der Waals surface area contributed by atoms with E-state index < -0.39 is 5.97 Å².